The summed E-state index contributed by atoms with van der Waals surface area (Å²) < 4.78 is 0. The third-order valence-corrected chi connectivity index (χ3v) is 3.36. The van der Waals surface area contributed by atoms with Crippen molar-refractivity contribution >= 4 is 10.8 Å². The Morgan fingerprint density at radius 1 is 0.850 bits per heavy atom. The van der Waals surface area contributed by atoms with Gasteiger partial charge in [-0.05, 0) is 6.42 Å². The summed E-state index contributed by atoms with van der Waals surface area (Å²) in [7, 11) is 0. The Morgan fingerprint density at radius 2 is 1.45 bits per heavy atom. The van der Waals surface area contributed by atoms with E-state index in [1.54, 1.807) is 0 Å². The maximum absolute atomic E-state index is 2.29. The van der Waals surface area contributed by atoms with Crippen molar-refractivity contribution in [2.45, 2.75) is 13.3 Å². The van der Waals surface area contributed by atoms with E-state index in [1.165, 1.54) is 27.5 Å². The molecule has 0 aliphatic rings. The fourth-order valence-corrected chi connectivity index (χ4v) is 2.47. The van der Waals surface area contributed by atoms with Crippen LogP contribution in [0.2, 0.25) is 0 Å². The molecule has 3 rings (SSSR count). The van der Waals surface area contributed by atoms with Crippen molar-refractivity contribution in [2.75, 3.05) is 0 Å². The summed E-state index contributed by atoms with van der Waals surface area (Å²) in [5.74, 6) is 0. The van der Waals surface area contributed by atoms with E-state index in [0.29, 0.717) is 0 Å². The van der Waals surface area contributed by atoms with Gasteiger partial charge in [0.25, 0.3) is 0 Å². The minimum Gasteiger partial charge on any atom is -1.00 e. The van der Waals surface area contributed by atoms with Gasteiger partial charge in [0.15, 0.2) is 0 Å². The molecule has 0 atom stereocenters. The van der Waals surface area contributed by atoms with Crippen LogP contribution in [0.3, 0.4) is 0 Å². The van der Waals surface area contributed by atoms with E-state index in [1.807, 2.05) is 0 Å². The van der Waals surface area contributed by atoms with Gasteiger partial charge in [-0.1, -0.05) is 48.9 Å². The fraction of sp³-hybridized carbons (Fsp3) is 0.118. The molecule has 3 aromatic rings. The van der Waals surface area contributed by atoms with Gasteiger partial charge in [-0.25, -0.2) is 0 Å². The number of benzene rings is 2. The molecule has 0 aromatic heterocycles. The Hall–Kier alpha value is -0.487. The van der Waals surface area contributed by atoms with Crippen LogP contribution < -0.4 is 24.8 Å². The normalized spacial score (nSPS) is 9.25. The van der Waals surface area contributed by atoms with Crippen molar-refractivity contribution in [1.82, 2.24) is 0 Å². The van der Waals surface area contributed by atoms with Gasteiger partial charge in [0.2, 0.25) is 0 Å². The molecule has 0 heterocycles. The van der Waals surface area contributed by atoms with Gasteiger partial charge in [0.05, 0.1) is 0 Å². The summed E-state index contributed by atoms with van der Waals surface area (Å²) in [5, 5.41) is 2.75. The Kier molecular flexibility index (Phi) is 8.51. The molecule has 0 aliphatic heterocycles. The molecule has 3 aromatic carbocycles. The van der Waals surface area contributed by atoms with E-state index in [4.69, 9.17) is 0 Å². The molecule has 0 nitrogen and oxygen atoms in total. The Morgan fingerprint density at radius 3 is 2.15 bits per heavy atom. The van der Waals surface area contributed by atoms with Gasteiger partial charge in [-0.3, -0.25) is 0 Å². The Balaban J connectivity index is 0.00000120. The van der Waals surface area contributed by atoms with Crippen molar-refractivity contribution < 1.29 is 51.0 Å². The van der Waals surface area contributed by atoms with E-state index in [2.05, 4.69) is 67.6 Å². The molecule has 101 valence electrons. The summed E-state index contributed by atoms with van der Waals surface area (Å²) in [6, 6.07) is 21.6. The first-order chi connectivity index (χ1) is 8.34. The maximum Gasteiger partial charge on any atom is 3.00 e. The van der Waals surface area contributed by atoms with Crippen molar-refractivity contribution in [3.05, 3.63) is 77.4 Å². The zero-order valence-electron chi connectivity index (χ0n) is 11.2. The van der Waals surface area contributed by atoms with Crippen molar-refractivity contribution in [3.63, 3.8) is 0 Å². The van der Waals surface area contributed by atoms with Crippen LogP contribution in [0.1, 0.15) is 16.7 Å². The van der Waals surface area contributed by atoms with Crippen LogP contribution in [0.25, 0.3) is 10.8 Å². The minimum absolute atomic E-state index is 0. The molecular weight excluding hydrogens is 366 g/mol. The number of rotatable bonds is 2. The van der Waals surface area contributed by atoms with Crippen molar-refractivity contribution in [3.8, 4) is 0 Å². The second-order valence-electron chi connectivity index (χ2n) is 4.56. The van der Waals surface area contributed by atoms with Crippen LogP contribution in [0.4, 0.5) is 0 Å². The predicted octanol–water partition coefficient (Wildman–Crippen LogP) is -1.54. The number of aryl methyl sites for hydroxylation is 1. The number of fused-ring (bicyclic) bond motifs is 1. The largest absolute Gasteiger partial charge is 3.00 e. The van der Waals surface area contributed by atoms with E-state index < -0.39 is 0 Å². The number of hydrogen-bond acceptors (Lipinski definition) is 0. The first kappa shape index (κ1) is 19.5. The SMILES string of the molecule is Cc1[cH-]c2ccccc2c1Cc1ccccc1.[Cl-].[Cl-].[Zr+3]. The average molecular weight is 381 g/mol. The molecule has 0 bridgehead atoms. The van der Waals surface area contributed by atoms with Crippen LogP contribution in [0, 0.1) is 6.92 Å². The first-order valence-electron chi connectivity index (χ1n) is 6.02. The predicted molar refractivity (Wildman–Crippen MR) is 73.5 cm³/mol. The Bertz CT molecular complexity index is 644. The molecule has 0 amide bonds. The van der Waals surface area contributed by atoms with E-state index in [9.17, 15) is 0 Å². The van der Waals surface area contributed by atoms with Gasteiger partial charge in [-0.2, -0.15) is 0 Å². The molecule has 20 heavy (non-hydrogen) atoms. The maximum atomic E-state index is 2.29. The van der Waals surface area contributed by atoms with Gasteiger partial charge in [0.1, 0.15) is 0 Å². The van der Waals surface area contributed by atoms with Gasteiger partial charge < -0.3 is 24.8 Å². The summed E-state index contributed by atoms with van der Waals surface area (Å²) in [5.41, 5.74) is 4.24. The molecule has 0 aliphatic carbocycles. The molecule has 0 saturated carbocycles. The summed E-state index contributed by atoms with van der Waals surface area (Å²) in [4.78, 5) is 0. The molecular formula is C17H15Cl2Zr. The van der Waals surface area contributed by atoms with Crippen molar-refractivity contribution in [1.29, 1.82) is 0 Å². The second-order valence-corrected chi connectivity index (χ2v) is 4.56. The van der Waals surface area contributed by atoms with Crippen LogP contribution >= 0.6 is 0 Å². The number of halogens is 2. The standard InChI is InChI=1S/C17H15.2ClH.Zr/c1-13-11-15-9-5-6-10-16(15)17(13)12-14-7-3-2-4-8-14;;;/h2-11H,12H2,1H3;2*1H;/q-1;;;+3/p-2. The quantitative estimate of drug-likeness (QED) is 0.473. The molecule has 0 fully saturated rings. The van der Waals surface area contributed by atoms with Gasteiger partial charge >= 0.3 is 26.2 Å². The molecule has 0 saturated heterocycles. The van der Waals surface area contributed by atoms with Crippen LogP contribution in [-0.4, -0.2) is 0 Å². The smallest absolute Gasteiger partial charge is 1.00 e. The molecule has 1 radical (unpaired) electrons. The summed E-state index contributed by atoms with van der Waals surface area (Å²) in [6.07, 6.45) is 1.03. The number of hydrogen-bond donors (Lipinski definition) is 0. The molecule has 3 heteroatoms. The molecule has 0 N–H and O–H groups in total. The average Bonchev–Trinajstić information content (AvgIpc) is 2.68. The Labute approximate surface area is 151 Å². The first-order valence-corrected chi connectivity index (χ1v) is 6.02. The monoisotopic (exact) mass is 379 g/mol. The van der Waals surface area contributed by atoms with Crippen LogP contribution in [-0.2, 0) is 32.6 Å². The molecule has 0 unspecified atom stereocenters. The summed E-state index contributed by atoms with van der Waals surface area (Å²) in [6.45, 7) is 2.21. The fourth-order valence-electron chi connectivity index (χ4n) is 2.47. The third-order valence-electron chi connectivity index (χ3n) is 3.36. The molecule has 0 spiro atoms. The van der Waals surface area contributed by atoms with Crippen LogP contribution in [0.5, 0.6) is 0 Å². The third kappa shape index (κ3) is 4.01. The van der Waals surface area contributed by atoms with E-state index in [0.717, 1.165) is 6.42 Å². The van der Waals surface area contributed by atoms with Crippen molar-refractivity contribution in [2.24, 2.45) is 0 Å². The minimum atomic E-state index is 0. The topological polar surface area (TPSA) is 0 Å². The van der Waals surface area contributed by atoms with Gasteiger partial charge in [0, 0.05) is 0 Å². The zero-order chi connectivity index (χ0) is 11.7. The second kappa shape index (κ2) is 8.72. The zero-order valence-corrected chi connectivity index (χ0v) is 15.2. The van der Waals surface area contributed by atoms with E-state index in [-0.39, 0.29) is 51.0 Å². The van der Waals surface area contributed by atoms with E-state index >= 15 is 0 Å². The van der Waals surface area contributed by atoms with Crippen LogP contribution in [0.15, 0.2) is 60.7 Å². The van der Waals surface area contributed by atoms with Gasteiger partial charge in [-0.15, -0.1) is 46.2 Å². The summed E-state index contributed by atoms with van der Waals surface area (Å²) >= 11 is 0.